The van der Waals surface area contributed by atoms with E-state index in [1.807, 2.05) is 0 Å². The van der Waals surface area contributed by atoms with Crippen LogP contribution in [0.4, 0.5) is 0 Å². The van der Waals surface area contributed by atoms with Crippen molar-refractivity contribution in [3.8, 4) is 0 Å². The zero-order valence-corrected chi connectivity index (χ0v) is 12.9. The lowest BCUT2D eigenvalue weighted by atomic mass is 9.90. The van der Waals surface area contributed by atoms with Crippen molar-refractivity contribution < 1.29 is 0 Å². The predicted molar refractivity (Wildman–Crippen MR) is 82.6 cm³/mol. The van der Waals surface area contributed by atoms with Gasteiger partial charge in [0.2, 0.25) is 0 Å². The first-order valence-corrected chi connectivity index (χ1v) is 7.61. The van der Waals surface area contributed by atoms with Crippen LogP contribution in [0.2, 0.25) is 0 Å². The van der Waals surface area contributed by atoms with Crippen molar-refractivity contribution in [2.24, 2.45) is 5.92 Å². The first kappa shape index (κ1) is 14.5. The number of hydrogen-bond donors (Lipinski definition) is 1. The van der Waals surface area contributed by atoms with E-state index in [9.17, 15) is 0 Å². The largest absolute Gasteiger partial charge is 0.316 e. The highest BCUT2D eigenvalue weighted by molar-refractivity contribution is 5.34. The Balaban J connectivity index is 2.16. The molecule has 0 saturated carbocycles. The molecule has 2 unspecified atom stereocenters. The van der Waals surface area contributed by atoms with E-state index in [1.54, 1.807) is 0 Å². The van der Waals surface area contributed by atoms with Crippen LogP contribution in [-0.2, 0) is 0 Å². The summed E-state index contributed by atoms with van der Waals surface area (Å²) in [4.78, 5) is 2.53. The summed E-state index contributed by atoms with van der Waals surface area (Å²) in [5, 5.41) is 3.60. The van der Waals surface area contributed by atoms with Gasteiger partial charge in [-0.3, -0.25) is 4.90 Å². The molecule has 0 aliphatic carbocycles. The molecule has 2 nitrogen and oxygen atoms in total. The third-order valence-corrected chi connectivity index (χ3v) is 4.36. The van der Waals surface area contributed by atoms with Crippen LogP contribution in [0.5, 0.6) is 0 Å². The maximum absolute atomic E-state index is 3.60. The topological polar surface area (TPSA) is 15.3 Å². The second kappa shape index (κ2) is 6.53. The highest BCUT2D eigenvalue weighted by atomic mass is 15.2. The van der Waals surface area contributed by atoms with Crippen LogP contribution >= 0.6 is 0 Å². The van der Waals surface area contributed by atoms with Crippen LogP contribution in [0.15, 0.2) is 18.2 Å². The molecule has 2 atom stereocenters. The standard InChI is InChI=1S/C17H28N2/c1-5-9-18-12-15-8-10-19(4)17(15)16-11-13(2)6-7-14(16)3/h6-7,11,15,17-18H,5,8-10,12H2,1-4H3. The van der Waals surface area contributed by atoms with E-state index < -0.39 is 0 Å². The SMILES string of the molecule is CCCNCC1CCN(C)C1c1cc(C)ccc1C. The van der Waals surface area contributed by atoms with Gasteiger partial charge < -0.3 is 5.32 Å². The van der Waals surface area contributed by atoms with E-state index in [-0.39, 0.29) is 0 Å². The van der Waals surface area contributed by atoms with E-state index in [4.69, 9.17) is 0 Å². The molecule has 2 rings (SSSR count). The fourth-order valence-corrected chi connectivity index (χ4v) is 3.27. The molecule has 19 heavy (non-hydrogen) atoms. The number of likely N-dealkylation sites (tertiary alicyclic amines) is 1. The van der Waals surface area contributed by atoms with Crippen molar-refractivity contribution in [3.63, 3.8) is 0 Å². The summed E-state index contributed by atoms with van der Waals surface area (Å²) in [5.74, 6) is 0.747. The van der Waals surface area contributed by atoms with Gasteiger partial charge in [-0.15, -0.1) is 0 Å². The van der Waals surface area contributed by atoms with Crippen molar-refractivity contribution in [2.75, 3.05) is 26.7 Å². The maximum atomic E-state index is 3.60. The van der Waals surface area contributed by atoms with E-state index in [1.165, 1.54) is 36.1 Å². The number of nitrogens with one attached hydrogen (secondary N) is 1. The summed E-state index contributed by atoms with van der Waals surface area (Å²) in [7, 11) is 2.27. The summed E-state index contributed by atoms with van der Waals surface area (Å²) in [6.07, 6.45) is 2.53. The molecule has 0 bridgehead atoms. The Morgan fingerprint density at radius 1 is 1.32 bits per heavy atom. The number of nitrogens with zero attached hydrogens (tertiary/aromatic N) is 1. The molecule has 1 aliphatic heterocycles. The molecule has 1 N–H and O–H groups in total. The van der Waals surface area contributed by atoms with E-state index >= 15 is 0 Å². The van der Waals surface area contributed by atoms with Crippen molar-refractivity contribution in [1.29, 1.82) is 0 Å². The monoisotopic (exact) mass is 260 g/mol. The smallest absolute Gasteiger partial charge is 0.0388 e. The summed E-state index contributed by atoms with van der Waals surface area (Å²) >= 11 is 0. The Hall–Kier alpha value is -0.860. The van der Waals surface area contributed by atoms with Gasteiger partial charge in [-0.1, -0.05) is 30.7 Å². The predicted octanol–water partition coefficient (Wildman–Crippen LogP) is 3.30. The number of hydrogen-bond acceptors (Lipinski definition) is 2. The summed E-state index contributed by atoms with van der Waals surface area (Å²) < 4.78 is 0. The second-order valence-corrected chi connectivity index (χ2v) is 6.04. The van der Waals surface area contributed by atoms with Crippen LogP contribution in [0.1, 0.15) is 42.5 Å². The van der Waals surface area contributed by atoms with Crippen LogP contribution in [-0.4, -0.2) is 31.6 Å². The molecule has 2 heteroatoms. The highest BCUT2D eigenvalue weighted by Crippen LogP contribution is 2.37. The van der Waals surface area contributed by atoms with Crippen LogP contribution in [0.3, 0.4) is 0 Å². The minimum absolute atomic E-state index is 0.587. The van der Waals surface area contributed by atoms with E-state index in [2.05, 4.69) is 56.2 Å². The third kappa shape index (κ3) is 3.37. The average molecular weight is 260 g/mol. The van der Waals surface area contributed by atoms with Gasteiger partial charge in [0.15, 0.2) is 0 Å². The zero-order valence-electron chi connectivity index (χ0n) is 12.9. The normalized spacial score (nSPS) is 24.0. The average Bonchev–Trinajstić information content (AvgIpc) is 2.74. The van der Waals surface area contributed by atoms with Gasteiger partial charge in [-0.05, 0) is 70.4 Å². The first-order valence-electron chi connectivity index (χ1n) is 7.61. The second-order valence-electron chi connectivity index (χ2n) is 6.04. The lowest BCUT2D eigenvalue weighted by Crippen LogP contribution is -2.29. The molecular formula is C17H28N2. The molecule has 1 heterocycles. The van der Waals surface area contributed by atoms with Gasteiger partial charge in [0.05, 0.1) is 0 Å². The molecule has 1 aliphatic rings. The third-order valence-electron chi connectivity index (χ3n) is 4.36. The Kier molecular flexibility index (Phi) is 5.00. The van der Waals surface area contributed by atoms with E-state index in [0.29, 0.717) is 6.04 Å². The Labute approximate surface area is 118 Å². The van der Waals surface area contributed by atoms with Crippen molar-refractivity contribution in [3.05, 3.63) is 34.9 Å². The van der Waals surface area contributed by atoms with Crippen molar-refractivity contribution in [2.45, 2.75) is 39.7 Å². The Bertz CT molecular complexity index is 414. The minimum atomic E-state index is 0.587. The first-order chi connectivity index (χ1) is 9.13. The summed E-state index contributed by atoms with van der Waals surface area (Å²) in [5.41, 5.74) is 4.34. The summed E-state index contributed by atoms with van der Waals surface area (Å²) in [6.45, 7) is 10.2. The van der Waals surface area contributed by atoms with Crippen LogP contribution < -0.4 is 5.32 Å². The number of rotatable bonds is 5. The summed E-state index contributed by atoms with van der Waals surface area (Å²) in [6, 6.07) is 7.46. The zero-order chi connectivity index (χ0) is 13.8. The fourth-order valence-electron chi connectivity index (χ4n) is 3.27. The maximum Gasteiger partial charge on any atom is 0.0388 e. The van der Waals surface area contributed by atoms with Crippen molar-refractivity contribution in [1.82, 2.24) is 10.2 Å². The fraction of sp³-hybridized carbons (Fsp3) is 0.647. The minimum Gasteiger partial charge on any atom is -0.316 e. The molecule has 1 fully saturated rings. The van der Waals surface area contributed by atoms with Gasteiger partial charge in [0.25, 0.3) is 0 Å². The lowest BCUT2D eigenvalue weighted by Gasteiger charge is -2.27. The number of aryl methyl sites for hydroxylation is 2. The Morgan fingerprint density at radius 3 is 2.84 bits per heavy atom. The quantitative estimate of drug-likeness (QED) is 0.817. The van der Waals surface area contributed by atoms with Gasteiger partial charge in [-0.25, -0.2) is 0 Å². The van der Waals surface area contributed by atoms with Gasteiger partial charge >= 0.3 is 0 Å². The molecule has 0 spiro atoms. The van der Waals surface area contributed by atoms with Crippen molar-refractivity contribution >= 4 is 0 Å². The van der Waals surface area contributed by atoms with Gasteiger partial charge in [0.1, 0.15) is 0 Å². The lowest BCUT2D eigenvalue weighted by molar-refractivity contribution is 0.271. The van der Waals surface area contributed by atoms with Crippen LogP contribution in [0.25, 0.3) is 0 Å². The molecule has 1 aromatic rings. The molecule has 0 radical (unpaired) electrons. The molecule has 1 saturated heterocycles. The molecule has 106 valence electrons. The van der Waals surface area contributed by atoms with Gasteiger partial charge in [-0.2, -0.15) is 0 Å². The van der Waals surface area contributed by atoms with Gasteiger partial charge in [0, 0.05) is 6.04 Å². The molecular weight excluding hydrogens is 232 g/mol. The molecule has 1 aromatic carbocycles. The van der Waals surface area contributed by atoms with Crippen LogP contribution in [0, 0.1) is 19.8 Å². The Morgan fingerprint density at radius 2 is 2.11 bits per heavy atom. The highest BCUT2D eigenvalue weighted by Gasteiger charge is 2.33. The molecule has 0 aromatic heterocycles. The van der Waals surface area contributed by atoms with E-state index in [0.717, 1.165) is 19.0 Å². The number of benzene rings is 1. The molecule has 0 amide bonds.